The van der Waals surface area contributed by atoms with E-state index in [1.54, 1.807) is 0 Å². The first-order valence-corrected chi connectivity index (χ1v) is 9.23. The topological polar surface area (TPSA) is 85.0 Å². The lowest BCUT2D eigenvalue weighted by Gasteiger charge is -2.25. The summed E-state index contributed by atoms with van der Waals surface area (Å²) in [6.45, 7) is 2.21. The number of hydrogen-bond donors (Lipinski definition) is 1. The molecule has 0 aromatic heterocycles. The molecule has 0 bridgehead atoms. The highest BCUT2D eigenvalue weighted by Gasteiger charge is 2.17. The summed E-state index contributed by atoms with van der Waals surface area (Å²) >= 11 is 7.59. The number of amidine groups is 1. The van der Waals surface area contributed by atoms with Crippen LogP contribution >= 0.6 is 23.4 Å². The van der Waals surface area contributed by atoms with Crippen molar-refractivity contribution < 1.29 is 12.7 Å². The molecule has 1 aliphatic rings. The number of oxime groups is 1. The molecule has 2 N–H and O–H groups in total. The fourth-order valence-electron chi connectivity index (χ4n) is 1.76. The van der Waals surface area contributed by atoms with Crippen LogP contribution in [0.25, 0.3) is 0 Å². The summed E-state index contributed by atoms with van der Waals surface area (Å²) in [6, 6.07) is 5.64. The van der Waals surface area contributed by atoms with E-state index in [1.165, 1.54) is 24.3 Å². The Morgan fingerprint density at radius 1 is 1.33 bits per heavy atom. The van der Waals surface area contributed by atoms with Gasteiger partial charge in [-0.1, -0.05) is 16.8 Å². The number of nitrogens with zero attached hydrogens (tertiary/aromatic N) is 2. The predicted octanol–water partition coefficient (Wildman–Crippen LogP) is 1.37. The minimum atomic E-state index is -3.96. The molecule has 1 aromatic carbocycles. The van der Waals surface area contributed by atoms with Crippen molar-refractivity contribution in [2.75, 3.05) is 31.1 Å². The van der Waals surface area contributed by atoms with Crippen molar-refractivity contribution in [3.05, 3.63) is 29.3 Å². The minimum Gasteiger partial charge on any atom is -0.383 e. The maximum absolute atomic E-state index is 11.9. The van der Waals surface area contributed by atoms with Crippen molar-refractivity contribution in [2.24, 2.45) is 10.9 Å². The second-order valence-electron chi connectivity index (χ2n) is 4.45. The standard InChI is InChI=1S/C12H16ClN3O3S2/c13-10-1-3-11(4-2-10)21(17,18)19-15-12(14)9-16-5-7-20-8-6-16/h1-4H,5-9H2,(H2,14,15). The molecule has 0 saturated carbocycles. The number of benzene rings is 1. The van der Waals surface area contributed by atoms with E-state index in [-0.39, 0.29) is 10.7 Å². The van der Waals surface area contributed by atoms with Gasteiger partial charge < -0.3 is 5.73 Å². The van der Waals surface area contributed by atoms with Crippen molar-refractivity contribution in [3.8, 4) is 0 Å². The summed E-state index contributed by atoms with van der Waals surface area (Å²) in [5.74, 6) is 2.22. The second-order valence-corrected chi connectivity index (χ2v) is 7.64. The number of halogens is 1. The molecular formula is C12H16ClN3O3S2. The third kappa shape index (κ3) is 5.06. The van der Waals surface area contributed by atoms with Crippen molar-refractivity contribution in [1.82, 2.24) is 4.90 Å². The molecule has 1 heterocycles. The van der Waals surface area contributed by atoms with Crippen LogP contribution in [0.3, 0.4) is 0 Å². The number of thioether (sulfide) groups is 1. The Morgan fingerprint density at radius 2 is 1.95 bits per heavy atom. The van der Waals surface area contributed by atoms with E-state index in [0.29, 0.717) is 11.6 Å². The van der Waals surface area contributed by atoms with Crippen LogP contribution in [-0.2, 0) is 14.4 Å². The zero-order valence-corrected chi connectivity index (χ0v) is 13.6. The first-order chi connectivity index (χ1) is 9.97. The van der Waals surface area contributed by atoms with Crippen LogP contribution in [0, 0.1) is 0 Å². The SMILES string of the molecule is N/C(CN1CCSCC1)=N\OS(=O)(=O)c1ccc(Cl)cc1. The molecule has 0 radical (unpaired) electrons. The molecule has 0 aliphatic carbocycles. The lowest BCUT2D eigenvalue weighted by Crippen LogP contribution is -2.39. The average Bonchev–Trinajstić information content (AvgIpc) is 2.47. The molecule has 0 atom stereocenters. The van der Waals surface area contributed by atoms with Crippen molar-refractivity contribution in [1.29, 1.82) is 0 Å². The predicted molar refractivity (Wildman–Crippen MR) is 85.1 cm³/mol. The summed E-state index contributed by atoms with van der Waals surface area (Å²) < 4.78 is 28.4. The number of nitrogens with two attached hydrogens (primary N) is 1. The van der Waals surface area contributed by atoms with Crippen LogP contribution in [0.15, 0.2) is 34.3 Å². The van der Waals surface area contributed by atoms with Gasteiger partial charge in [0.1, 0.15) is 4.90 Å². The summed E-state index contributed by atoms with van der Waals surface area (Å²) in [5, 5.41) is 3.96. The van der Waals surface area contributed by atoms with Gasteiger partial charge in [0.05, 0.1) is 6.54 Å². The van der Waals surface area contributed by atoms with Gasteiger partial charge in [0.25, 0.3) is 0 Å². The molecule has 0 amide bonds. The van der Waals surface area contributed by atoms with Crippen LogP contribution in [0.5, 0.6) is 0 Å². The molecule has 2 rings (SSSR count). The van der Waals surface area contributed by atoms with Gasteiger partial charge in [0, 0.05) is 29.6 Å². The van der Waals surface area contributed by atoms with Gasteiger partial charge in [-0.3, -0.25) is 9.18 Å². The Hall–Kier alpha value is -0.960. The van der Waals surface area contributed by atoms with Crippen LogP contribution < -0.4 is 5.73 Å². The largest absolute Gasteiger partial charge is 0.383 e. The van der Waals surface area contributed by atoms with Crippen LogP contribution in [0.2, 0.25) is 5.02 Å². The summed E-state index contributed by atoms with van der Waals surface area (Å²) in [6.07, 6.45) is 0. The summed E-state index contributed by atoms with van der Waals surface area (Å²) in [4.78, 5) is 2.09. The smallest absolute Gasteiger partial charge is 0.358 e. The van der Waals surface area contributed by atoms with E-state index >= 15 is 0 Å². The molecule has 6 nitrogen and oxygen atoms in total. The molecule has 1 saturated heterocycles. The van der Waals surface area contributed by atoms with Gasteiger partial charge in [-0.2, -0.15) is 20.2 Å². The normalized spacial score (nSPS) is 17.7. The quantitative estimate of drug-likeness (QED) is 0.491. The highest BCUT2D eigenvalue weighted by atomic mass is 35.5. The molecule has 9 heteroatoms. The maximum Gasteiger partial charge on any atom is 0.358 e. The van der Waals surface area contributed by atoms with E-state index < -0.39 is 10.1 Å². The highest BCUT2D eigenvalue weighted by molar-refractivity contribution is 7.99. The first kappa shape index (κ1) is 16.4. The van der Waals surface area contributed by atoms with Gasteiger partial charge in [-0.25, -0.2) is 0 Å². The number of hydrogen-bond acceptors (Lipinski definition) is 6. The monoisotopic (exact) mass is 349 g/mol. The van der Waals surface area contributed by atoms with Gasteiger partial charge >= 0.3 is 10.1 Å². The Kier molecular flexibility index (Phi) is 5.74. The molecule has 116 valence electrons. The lowest BCUT2D eigenvalue weighted by atomic mass is 10.4. The molecule has 0 unspecified atom stereocenters. The van der Waals surface area contributed by atoms with Gasteiger partial charge in [-0.05, 0) is 24.3 Å². The Bertz CT molecular complexity index is 599. The average molecular weight is 350 g/mol. The van der Waals surface area contributed by atoms with E-state index in [0.717, 1.165) is 24.6 Å². The molecular weight excluding hydrogens is 334 g/mol. The maximum atomic E-state index is 11.9. The summed E-state index contributed by atoms with van der Waals surface area (Å²) in [5.41, 5.74) is 5.70. The van der Waals surface area contributed by atoms with E-state index in [2.05, 4.69) is 14.3 Å². The first-order valence-electron chi connectivity index (χ1n) is 6.29. The molecule has 1 fully saturated rings. The fourth-order valence-corrected chi connectivity index (χ4v) is 3.61. The van der Waals surface area contributed by atoms with E-state index in [4.69, 9.17) is 17.3 Å². The van der Waals surface area contributed by atoms with Crippen LogP contribution in [0.4, 0.5) is 0 Å². The Labute approximate surface area is 133 Å². The second kappa shape index (κ2) is 7.35. The van der Waals surface area contributed by atoms with Crippen molar-refractivity contribution >= 4 is 39.3 Å². The van der Waals surface area contributed by atoms with Gasteiger partial charge in [0.15, 0.2) is 5.84 Å². The van der Waals surface area contributed by atoms with Crippen molar-refractivity contribution in [3.63, 3.8) is 0 Å². The minimum absolute atomic E-state index is 0.0159. The zero-order valence-electron chi connectivity index (χ0n) is 11.2. The highest BCUT2D eigenvalue weighted by Crippen LogP contribution is 2.16. The molecule has 1 aromatic rings. The van der Waals surface area contributed by atoms with Crippen LogP contribution in [0.1, 0.15) is 0 Å². The van der Waals surface area contributed by atoms with Gasteiger partial charge in [-0.15, -0.1) is 0 Å². The van der Waals surface area contributed by atoms with Crippen LogP contribution in [-0.4, -0.2) is 50.3 Å². The van der Waals surface area contributed by atoms with E-state index in [1.807, 2.05) is 11.8 Å². The fraction of sp³-hybridized carbons (Fsp3) is 0.417. The Morgan fingerprint density at radius 3 is 2.57 bits per heavy atom. The number of rotatable bonds is 5. The molecule has 1 aliphatic heterocycles. The van der Waals surface area contributed by atoms with Crippen molar-refractivity contribution in [2.45, 2.75) is 4.90 Å². The van der Waals surface area contributed by atoms with E-state index in [9.17, 15) is 8.42 Å². The Balaban J connectivity index is 1.96. The zero-order chi connectivity index (χ0) is 15.3. The third-order valence-corrected chi connectivity index (χ3v) is 5.16. The third-order valence-electron chi connectivity index (χ3n) is 2.84. The molecule has 0 spiro atoms. The molecule has 21 heavy (non-hydrogen) atoms. The lowest BCUT2D eigenvalue weighted by molar-refractivity contribution is 0.319. The summed E-state index contributed by atoms with van der Waals surface area (Å²) in [7, 11) is -3.96. The van der Waals surface area contributed by atoms with Gasteiger partial charge in [0.2, 0.25) is 0 Å².